The van der Waals surface area contributed by atoms with Crippen LogP contribution in [-0.2, 0) is 17.1 Å². The van der Waals surface area contributed by atoms with E-state index >= 15 is 0 Å². The minimum absolute atomic E-state index is 0.0331. The Morgan fingerprint density at radius 2 is 1.87 bits per heavy atom. The molecule has 2 unspecified atom stereocenters. The van der Waals surface area contributed by atoms with Gasteiger partial charge in [0.1, 0.15) is 11.6 Å². The Hall–Kier alpha value is -2.49. The maximum Gasteiger partial charge on any atom is 0.262 e. The molecule has 1 saturated heterocycles. The van der Waals surface area contributed by atoms with Crippen molar-refractivity contribution in [3.63, 3.8) is 0 Å². The molecule has 2 aromatic carbocycles. The Balaban J connectivity index is 1.66. The van der Waals surface area contributed by atoms with E-state index in [1.54, 1.807) is 29.8 Å². The molecule has 30 heavy (non-hydrogen) atoms. The predicted molar refractivity (Wildman–Crippen MR) is 110 cm³/mol. The standard InChI is InChI=1S/C20H19ClF2N4O2S/c1-26-11-20(24-12-26)30(28,29)27-9-16(13-2-4-14(22)5-3-13)19(10-27)25-15-6-7-18(23)17(21)8-15/h2-8,11-12,16,19,25H,9-10H2,1H3. The highest BCUT2D eigenvalue weighted by Gasteiger charge is 2.41. The van der Waals surface area contributed by atoms with E-state index in [-0.39, 0.29) is 40.9 Å². The summed E-state index contributed by atoms with van der Waals surface area (Å²) in [6, 6.07) is 9.87. The molecule has 1 aliphatic rings. The van der Waals surface area contributed by atoms with Crippen LogP contribution in [0.15, 0.2) is 60.0 Å². The number of anilines is 1. The Morgan fingerprint density at radius 3 is 2.50 bits per heavy atom. The van der Waals surface area contributed by atoms with Gasteiger partial charge >= 0.3 is 0 Å². The zero-order valence-corrected chi connectivity index (χ0v) is 17.5. The molecule has 3 aromatic rings. The van der Waals surface area contributed by atoms with Gasteiger partial charge in [0.25, 0.3) is 10.0 Å². The molecule has 1 aliphatic heterocycles. The van der Waals surface area contributed by atoms with E-state index < -0.39 is 15.8 Å². The molecule has 10 heteroatoms. The number of aromatic nitrogens is 2. The molecule has 0 spiro atoms. The zero-order valence-electron chi connectivity index (χ0n) is 16.0. The largest absolute Gasteiger partial charge is 0.380 e. The smallest absolute Gasteiger partial charge is 0.262 e. The van der Waals surface area contributed by atoms with Crippen molar-refractivity contribution in [2.75, 3.05) is 18.4 Å². The molecule has 4 rings (SSSR count). The predicted octanol–water partition coefficient (Wildman–Crippen LogP) is 3.62. The van der Waals surface area contributed by atoms with Crippen molar-refractivity contribution in [2.24, 2.45) is 7.05 Å². The van der Waals surface area contributed by atoms with Crippen molar-refractivity contribution >= 4 is 27.3 Å². The highest BCUT2D eigenvalue weighted by molar-refractivity contribution is 7.89. The van der Waals surface area contributed by atoms with Crippen LogP contribution in [0.1, 0.15) is 11.5 Å². The Kier molecular flexibility index (Phi) is 5.52. The molecule has 2 heterocycles. The fraction of sp³-hybridized carbons (Fsp3) is 0.250. The normalized spacial score (nSPS) is 19.9. The van der Waals surface area contributed by atoms with Crippen molar-refractivity contribution in [1.29, 1.82) is 0 Å². The lowest BCUT2D eigenvalue weighted by atomic mass is 9.94. The molecule has 0 bridgehead atoms. The number of nitrogens with one attached hydrogen (secondary N) is 1. The third kappa shape index (κ3) is 4.05. The second kappa shape index (κ2) is 7.98. The summed E-state index contributed by atoms with van der Waals surface area (Å²) < 4.78 is 56.0. The van der Waals surface area contributed by atoms with E-state index in [0.717, 1.165) is 5.56 Å². The number of benzene rings is 2. The summed E-state index contributed by atoms with van der Waals surface area (Å²) in [6.07, 6.45) is 2.87. The van der Waals surface area contributed by atoms with Gasteiger partial charge in [0.2, 0.25) is 0 Å². The monoisotopic (exact) mass is 452 g/mol. The van der Waals surface area contributed by atoms with E-state index in [2.05, 4.69) is 10.3 Å². The van der Waals surface area contributed by atoms with Crippen LogP contribution in [0.2, 0.25) is 5.02 Å². The fourth-order valence-corrected chi connectivity index (χ4v) is 5.25. The van der Waals surface area contributed by atoms with Crippen LogP contribution in [-0.4, -0.2) is 41.4 Å². The van der Waals surface area contributed by atoms with Crippen molar-refractivity contribution in [3.05, 3.63) is 77.2 Å². The van der Waals surface area contributed by atoms with Gasteiger partial charge in [-0.1, -0.05) is 23.7 Å². The molecule has 2 atom stereocenters. The zero-order chi connectivity index (χ0) is 21.5. The molecule has 0 radical (unpaired) electrons. The van der Waals surface area contributed by atoms with Crippen molar-refractivity contribution < 1.29 is 17.2 Å². The molecule has 158 valence electrons. The van der Waals surface area contributed by atoms with Gasteiger partial charge in [-0.2, -0.15) is 4.31 Å². The number of nitrogens with zero attached hydrogens (tertiary/aromatic N) is 3. The first-order valence-electron chi connectivity index (χ1n) is 9.19. The van der Waals surface area contributed by atoms with Crippen LogP contribution in [0.4, 0.5) is 14.5 Å². The molecule has 0 aliphatic carbocycles. The first-order valence-corrected chi connectivity index (χ1v) is 11.0. The summed E-state index contributed by atoms with van der Waals surface area (Å²) in [5, 5.41) is 3.19. The molecular formula is C20H19ClF2N4O2S. The number of halogens is 3. The molecule has 6 nitrogen and oxygen atoms in total. The van der Waals surface area contributed by atoms with E-state index in [1.807, 2.05) is 0 Å². The average molecular weight is 453 g/mol. The van der Waals surface area contributed by atoms with Crippen molar-refractivity contribution in [1.82, 2.24) is 13.9 Å². The molecule has 1 fully saturated rings. The van der Waals surface area contributed by atoms with Gasteiger partial charge in [0.05, 0.1) is 11.3 Å². The van der Waals surface area contributed by atoms with Gasteiger partial charge in [-0.3, -0.25) is 0 Å². The second-order valence-electron chi connectivity index (χ2n) is 7.24. The maximum absolute atomic E-state index is 13.5. The third-order valence-corrected chi connectivity index (χ3v) is 7.15. The summed E-state index contributed by atoms with van der Waals surface area (Å²) in [4.78, 5) is 3.98. The van der Waals surface area contributed by atoms with Crippen molar-refractivity contribution in [2.45, 2.75) is 17.0 Å². The Bertz CT molecular complexity index is 1170. The highest BCUT2D eigenvalue weighted by Crippen LogP contribution is 2.34. The Morgan fingerprint density at radius 1 is 1.13 bits per heavy atom. The van der Waals surface area contributed by atoms with Gasteiger partial charge in [-0.25, -0.2) is 22.2 Å². The fourth-order valence-electron chi connectivity index (χ4n) is 3.61. The number of aryl methyl sites for hydroxylation is 1. The Labute approximate surface area is 178 Å². The van der Waals surface area contributed by atoms with Crippen LogP contribution in [0.25, 0.3) is 0 Å². The minimum Gasteiger partial charge on any atom is -0.380 e. The lowest BCUT2D eigenvalue weighted by Gasteiger charge is -2.21. The molecule has 1 N–H and O–H groups in total. The number of hydrogen-bond donors (Lipinski definition) is 1. The first-order chi connectivity index (χ1) is 14.2. The van der Waals surface area contributed by atoms with Crippen LogP contribution >= 0.6 is 11.6 Å². The summed E-state index contributed by atoms with van der Waals surface area (Å²) >= 11 is 5.88. The second-order valence-corrected chi connectivity index (χ2v) is 9.53. The van der Waals surface area contributed by atoms with Crippen molar-refractivity contribution in [3.8, 4) is 0 Å². The summed E-state index contributed by atoms with van der Waals surface area (Å²) in [5.41, 5.74) is 1.36. The van der Waals surface area contributed by atoms with E-state index in [1.165, 1.54) is 41.1 Å². The van der Waals surface area contributed by atoms with Crippen LogP contribution < -0.4 is 5.32 Å². The quantitative estimate of drug-likeness (QED) is 0.642. The molecule has 0 amide bonds. The van der Waals surface area contributed by atoms with E-state index in [0.29, 0.717) is 5.69 Å². The minimum atomic E-state index is -3.81. The average Bonchev–Trinajstić information content (AvgIpc) is 3.33. The van der Waals surface area contributed by atoms with E-state index in [4.69, 9.17) is 11.6 Å². The third-order valence-electron chi connectivity index (χ3n) is 5.14. The number of imidazole rings is 1. The molecular weight excluding hydrogens is 434 g/mol. The van der Waals surface area contributed by atoms with Gasteiger partial charge in [-0.15, -0.1) is 0 Å². The SMILES string of the molecule is Cn1cnc(S(=O)(=O)N2CC(Nc3ccc(F)c(Cl)c3)C(c3ccc(F)cc3)C2)c1. The molecule has 1 aromatic heterocycles. The van der Waals surface area contributed by atoms with Gasteiger partial charge < -0.3 is 9.88 Å². The summed E-state index contributed by atoms with van der Waals surface area (Å²) in [5.74, 6) is -1.17. The van der Waals surface area contributed by atoms with Crippen LogP contribution in [0.5, 0.6) is 0 Å². The lowest BCUT2D eigenvalue weighted by Crippen LogP contribution is -2.32. The topological polar surface area (TPSA) is 67.2 Å². The van der Waals surface area contributed by atoms with Gasteiger partial charge in [0.15, 0.2) is 5.03 Å². The van der Waals surface area contributed by atoms with Gasteiger partial charge in [0, 0.05) is 44.0 Å². The van der Waals surface area contributed by atoms with Crippen LogP contribution in [0.3, 0.4) is 0 Å². The van der Waals surface area contributed by atoms with Crippen LogP contribution in [0, 0.1) is 11.6 Å². The lowest BCUT2D eigenvalue weighted by molar-refractivity contribution is 0.468. The van der Waals surface area contributed by atoms with Gasteiger partial charge in [-0.05, 0) is 35.9 Å². The maximum atomic E-state index is 13.5. The van der Waals surface area contributed by atoms with E-state index in [9.17, 15) is 17.2 Å². The number of sulfonamides is 1. The first kappa shape index (κ1) is 20.8. The highest BCUT2D eigenvalue weighted by atomic mass is 35.5. The number of hydrogen-bond acceptors (Lipinski definition) is 4. The summed E-state index contributed by atoms with van der Waals surface area (Å²) in [7, 11) is -2.11. The number of rotatable bonds is 5. The molecule has 0 saturated carbocycles. The summed E-state index contributed by atoms with van der Waals surface area (Å²) in [6.45, 7) is 0.354.